The average Bonchev–Trinajstić information content (AvgIpc) is 1.61. The van der Waals surface area contributed by atoms with Crippen LogP contribution in [0.15, 0.2) is 106 Å². The van der Waals surface area contributed by atoms with E-state index in [2.05, 4.69) is 66.1 Å². The quantitative estimate of drug-likeness (QED) is 0.0260. The van der Waals surface area contributed by atoms with Crippen molar-refractivity contribution in [3.8, 4) is 46.8 Å². The third-order valence-corrected chi connectivity index (χ3v) is 15.5. The molecule has 0 aliphatic heterocycles. The summed E-state index contributed by atoms with van der Waals surface area (Å²) in [5.41, 5.74) is 15.4. The molecule has 0 bridgehead atoms. The molecule has 7 aromatic heterocycles. The summed E-state index contributed by atoms with van der Waals surface area (Å²) in [5.74, 6) is -13.3. The number of rotatable bonds is 21. The number of aryl methyl sites for hydroxylation is 3. The van der Waals surface area contributed by atoms with E-state index in [1.165, 1.54) is 26.8 Å². The summed E-state index contributed by atoms with van der Waals surface area (Å²) in [6.07, 6.45) is 4.72. The zero-order valence-electron chi connectivity index (χ0n) is 55.4. The molecule has 7 heterocycles. The third kappa shape index (κ3) is 16.4. The van der Waals surface area contributed by atoms with E-state index >= 15 is 0 Å². The van der Waals surface area contributed by atoms with Crippen molar-refractivity contribution in [2.45, 2.75) is 35.8 Å². The van der Waals surface area contributed by atoms with Gasteiger partial charge in [-0.05, 0) is 128 Å². The second-order valence-electron chi connectivity index (χ2n) is 19.4. The molecule has 0 radical (unpaired) electrons. The second-order valence-corrected chi connectivity index (χ2v) is 21.8. The monoisotopic (exact) mass is 1390 g/mol. The zero-order valence-corrected chi connectivity index (χ0v) is 57.9. The van der Waals surface area contributed by atoms with Gasteiger partial charge in [-0.2, -0.15) is 65.1 Å². The molecule has 3 aromatic carbocycles. The predicted molar refractivity (Wildman–Crippen MR) is 321 cm³/mol. The number of aromatic carboxylic acids is 6. The van der Waals surface area contributed by atoms with Crippen LogP contribution >= 0.6 is 35.3 Å². The minimum atomic E-state index is -1.75. The Morgan fingerprint density at radius 3 is 0.980 bits per heavy atom. The Balaban J connectivity index is 0.00000367. The van der Waals surface area contributed by atoms with Crippen molar-refractivity contribution in [3.05, 3.63) is 134 Å². The number of anilines is 3. The molecule has 10 aromatic rings. The van der Waals surface area contributed by atoms with Gasteiger partial charge in [0.1, 0.15) is 38.3 Å². The number of thioether (sulfide) groups is 3. The fraction of sp³-hybridized carbons (Fsp3) is 0.109. The third-order valence-electron chi connectivity index (χ3n) is 13.5. The van der Waals surface area contributed by atoms with Gasteiger partial charge in [-0.3, -0.25) is 0 Å². The van der Waals surface area contributed by atoms with Crippen LogP contribution in [0.4, 0.5) is 57.7 Å². The molecule has 0 atom stereocenters. The Kier molecular flexibility index (Phi) is 28.7. The molecule has 0 amide bonds. The molecule has 102 heavy (non-hydrogen) atoms. The molecule has 0 fully saturated rings. The number of aromatic nitrogens is 14. The van der Waals surface area contributed by atoms with Crippen molar-refractivity contribution in [1.82, 2.24) is 68.7 Å². The van der Waals surface area contributed by atoms with E-state index in [9.17, 15) is 69.9 Å². The topological polar surface area (TPSA) is 578 Å². The summed E-state index contributed by atoms with van der Waals surface area (Å²) in [6.45, 7) is 12.4. The number of benzene rings is 3. The minimum absolute atomic E-state index is 0. The van der Waals surface area contributed by atoms with Crippen molar-refractivity contribution in [1.29, 1.82) is 10.5 Å². The van der Waals surface area contributed by atoms with Gasteiger partial charge < -0.3 is 76.6 Å². The Bertz CT molecular complexity index is 4680. The van der Waals surface area contributed by atoms with Gasteiger partial charge in [-0.25, -0.2) is 18.9 Å². The first kappa shape index (κ1) is 84.5. The number of nitrogen functional groups attached to an aromatic ring is 3. The molecule has 0 spiro atoms. The fourth-order valence-corrected chi connectivity index (χ4v) is 10.6. The maximum Gasteiger partial charge on any atom is 1.00 e. The van der Waals surface area contributed by atoms with Gasteiger partial charge in [0.25, 0.3) is 11.6 Å². The van der Waals surface area contributed by atoms with Gasteiger partial charge in [0, 0.05) is 6.07 Å². The first-order valence-electron chi connectivity index (χ1n) is 26.4. The van der Waals surface area contributed by atoms with Gasteiger partial charge in [0.05, 0.1) is 76.5 Å². The van der Waals surface area contributed by atoms with Gasteiger partial charge in [-0.15, -0.1) is 66.0 Å². The number of carbonyl (C=O) groups is 6. The van der Waals surface area contributed by atoms with Crippen molar-refractivity contribution >= 4 is 129 Å². The van der Waals surface area contributed by atoms with Crippen LogP contribution in [0.3, 0.4) is 0 Å². The van der Waals surface area contributed by atoms with E-state index in [0.29, 0.717) is 0 Å². The molecular weight excluding hydrogens is 1350 g/mol. The second kappa shape index (κ2) is 34.7. The molecule has 0 aliphatic carbocycles. The molecule has 38 nitrogen and oxygen atoms in total. The molecule has 0 unspecified atom stereocenters. The first-order valence-corrected chi connectivity index (χ1v) is 30.1. The zero-order chi connectivity index (χ0) is 69.5. The largest absolute Gasteiger partial charge is 1.00 e. The summed E-state index contributed by atoms with van der Waals surface area (Å²) in [5, 5.41) is 146. The molecular formula is C55H34Li6N26O12S3. The number of carboxylic acid groups (broad SMARTS) is 6. The van der Waals surface area contributed by atoms with E-state index in [-0.39, 0.29) is 243 Å². The standard InChI is InChI=1S/C55H40N26O12S3.6Li/c1-20-36(64-67-43-32(18-56)46(94-5)73-76(43)29-11-23(49(82)83)8-24(12-29)50(84)85)40(58)79(70-20)34-17-35(80-41(59)37(21(2)71-80)66-69-45-39(61-4)48(96-7)75-78(45)31-15-27(53(90)91)10-28(16-31)54(92)93)63-55(62-34)81-42(60)38(22(3)72-81)65-68-44-33(19-57)47(95-6)74-77(44)30-13-25(51(86)87)9-26(14-30)52(88)89;;;;;;/h8-17H,58-60H2,1-3,5-7H3,(H,82,83)(H,84,85)(H,86,87)(H,88,89)(H,90,91)(H,92,93);;;;;;/q;6*+1/p-6. The smallest absolute Gasteiger partial charge is 0.545 e. The van der Waals surface area contributed by atoms with Gasteiger partial charge in [0.2, 0.25) is 0 Å². The van der Waals surface area contributed by atoms with Gasteiger partial charge in [0.15, 0.2) is 63.6 Å². The molecule has 0 saturated carbocycles. The first-order chi connectivity index (χ1) is 45.7. The Labute approximate surface area is 657 Å². The summed E-state index contributed by atoms with van der Waals surface area (Å²) in [4.78, 5) is 85.0. The van der Waals surface area contributed by atoms with E-state index in [1.807, 2.05) is 12.1 Å². The van der Waals surface area contributed by atoms with Crippen LogP contribution in [-0.4, -0.2) is 123 Å². The fourth-order valence-electron chi connectivity index (χ4n) is 9.10. The Morgan fingerprint density at radius 1 is 0.422 bits per heavy atom. The van der Waals surface area contributed by atoms with E-state index in [4.69, 9.17) is 33.7 Å². The molecule has 0 saturated heterocycles. The maximum absolute atomic E-state index is 12.0. The van der Waals surface area contributed by atoms with E-state index in [0.717, 1.165) is 118 Å². The summed E-state index contributed by atoms with van der Waals surface area (Å²) in [6, 6.07) is 13.7. The average molecular weight is 1390 g/mol. The van der Waals surface area contributed by atoms with Crippen LogP contribution in [0, 0.1) is 50.0 Å². The number of carbonyl (C=O) groups excluding carboxylic acids is 6. The van der Waals surface area contributed by atoms with Crippen molar-refractivity contribution < 1.29 is 173 Å². The van der Waals surface area contributed by atoms with Crippen LogP contribution < -0.4 is 161 Å². The number of nitriles is 2. The normalized spacial score (nSPS) is 10.7. The molecule has 480 valence electrons. The molecule has 6 N–H and O–H groups in total. The number of carboxylic acids is 6. The van der Waals surface area contributed by atoms with Crippen LogP contribution in [-0.2, 0) is 0 Å². The number of azo groups is 3. The van der Waals surface area contributed by atoms with Crippen molar-refractivity contribution in [3.63, 3.8) is 0 Å². The van der Waals surface area contributed by atoms with Crippen molar-refractivity contribution in [2.75, 3.05) is 36.0 Å². The van der Waals surface area contributed by atoms with Crippen LogP contribution in [0.25, 0.3) is 39.5 Å². The van der Waals surface area contributed by atoms with Gasteiger partial charge in [-0.1, -0.05) is 0 Å². The molecule has 47 heteroatoms. The minimum Gasteiger partial charge on any atom is -0.545 e. The van der Waals surface area contributed by atoms with Crippen LogP contribution in [0.2, 0.25) is 0 Å². The van der Waals surface area contributed by atoms with E-state index < -0.39 is 75.1 Å². The number of nitrogens with two attached hydrogens (primary N) is 3. The Hall–Kier alpha value is -9.88. The Morgan fingerprint density at radius 2 is 0.696 bits per heavy atom. The van der Waals surface area contributed by atoms with Crippen molar-refractivity contribution in [2.24, 2.45) is 30.7 Å². The van der Waals surface area contributed by atoms with Crippen LogP contribution in [0.1, 0.15) is 90.4 Å². The van der Waals surface area contributed by atoms with Gasteiger partial charge >= 0.3 is 113 Å². The summed E-state index contributed by atoms with van der Waals surface area (Å²) < 4.78 is 6.00. The molecule has 0 aliphatic rings. The number of hydrogen-bond acceptors (Lipinski definition) is 34. The SMILES string of the molecule is [C-]#[N+]c1c(SC)nn(-c2cc(C(=O)[O-])cc(C(=O)[O-])c2)c1N=Nc1c(C)nn(-c2cc(-n3nc(C)c(N=Nc4c(C#N)c(SC)nn4-c4cc(C(=O)[O-])cc(C(=O)[O-])c4)c3N)nc(-n3nc(C)c(N=Nc4c(C#N)c(SC)nn4-c4cc(C(=O)[O-])cc(C(=O)[O-])c4)c3N)n2)c1N.[Li+].[Li+].[Li+].[Li+].[Li+].[Li+]. The predicted octanol–water partition coefficient (Wildman–Crippen LogP) is -16.8. The van der Waals surface area contributed by atoms with E-state index in [1.54, 1.807) is 18.8 Å². The summed E-state index contributed by atoms with van der Waals surface area (Å²) in [7, 11) is 0. The van der Waals surface area contributed by atoms with Crippen LogP contribution in [0.5, 0.6) is 0 Å². The number of hydrogen-bond donors (Lipinski definition) is 3. The number of nitrogens with zero attached hydrogens (tertiary/aromatic N) is 23. The molecule has 10 rings (SSSR count). The maximum atomic E-state index is 12.0. The summed E-state index contributed by atoms with van der Waals surface area (Å²) >= 11 is 2.98.